The molecule has 0 atom stereocenters. The van der Waals surface area contributed by atoms with Crippen LogP contribution in [0.5, 0.6) is 0 Å². The summed E-state index contributed by atoms with van der Waals surface area (Å²) in [5.74, 6) is 0. The van der Waals surface area contributed by atoms with Crippen LogP contribution in [0.4, 0.5) is 0 Å². The fraction of sp³-hybridized carbons (Fsp3) is 0. The maximum Gasteiger partial charge on any atom is 0.256 e. The number of hydrogen-bond acceptors (Lipinski definition) is 1. The predicted molar refractivity (Wildman–Crippen MR) is 85.8 cm³/mol. The second-order valence-electron chi connectivity index (χ2n) is 4.39. The summed E-state index contributed by atoms with van der Waals surface area (Å²) >= 11 is 0. The molecule has 0 bridgehead atoms. The van der Waals surface area contributed by atoms with Gasteiger partial charge in [0.05, 0.1) is 0 Å². The number of nitrogens with one attached hydrogen (secondary N) is 1. The molecule has 3 heteroatoms. The third-order valence-corrected chi connectivity index (χ3v) is 5.53. The van der Waals surface area contributed by atoms with E-state index < -0.39 is 7.92 Å². The molecule has 0 saturated carbocycles. The molecule has 0 radical (unpaired) electrons. The topological polar surface area (TPSA) is 32.9 Å². The highest BCUT2D eigenvalue weighted by Gasteiger charge is 2.18. The summed E-state index contributed by atoms with van der Waals surface area (Å²) in [6.45, 7) is 0. The first-order valence-electron chi connectivity index (χ1n) is 6.44. The number of pyridine rings is 1. The zero-order chi connectivity index (χ0) is 13.8. The minimum absolute atomic E-state index is 0.00804. The average Bonchev–Trinajstić information content (AvgIpc) is 2.52. The van der Waals surface area contributed by atoms with Crippen LogP contribution in [0, 0.1) is 0 Å². The van der Waals surface area contributed by atoms with E-state index in [1.165, 1.54) is 10.6 Å². The first kappa shape index (κ1) is 12.8. The lowest BCUT2D eigenvalue weighted by molar-refractivity contribution is 1.26. The molecule has 0 saturated heterocycles. The van der Waals surface area contributed by atoms with Crippen LogP contribution in [0.25, 0.3) is 0 Å². The second kappa shape index (κ2) is 5.85. The lowest BCUT2D eigenvalue weighted by atomic mass is 10.4. The van der Waals surface area contributed by atoms with Gasteiger partial charge in [-0.1, -0.05) is 60.7 Å². The molecule has 2 nitrogen and oxygen atoms in total. The molecule has 2 aromatic carbocycles. The fourth-order valence-corrected chi connectivity index (χ4v) is 4.47. The number of benzene rings is 2. The van der Waals surface area contributed by atoms with Gasteiger partial charge in [0.1, 0.15) is 0 Å². The summed E-state index contributed by atoms with van der Waals surface area (Å²) < 4.78 is 0. The summed E-state index contributed by atoms with van der Waals surface area (Å²) in [5.41, 5.74) is -0.00804. The van der Waals surface area contributed by atoms with Gasteiger partial charge in [0, 0.05) is 11.5 Å². The molecule has 0 aliphatic carbocycles. The summed E-state index contributed by atoms with van der Waals surface area (Å²) in [6.07, 6.45) is 1.68. The molecule has 1 aromatic heterocycles. The zero-order valence-corrected chi connectivity index (χ0v) is 11.8. The zero-order valence-electron chi connectivity index (χ0n) is 10.9. The lowest BCUT2D eigenvalue weighted by Crippen LogP contribution is -2.32. The van der Waals surface area contributed by atoms with Crippen molar-refractivity contribution in [1.82, 2.24) is 4.98 Å². The second-order valence-corrected chi connectivity index (χ2v) is 6.58. The Morgan fingerprint density at radius 2 is 1.25 bits per heavy atom. The average molecular weight is 279 g/mol. The monoisotopic (exact) mass is 279 g/mol. The summed E-state index contributed by atoms with van der Waals surface area (Å²) in [7, 11) is -0.811. The molecule has 3 aromatic rings. The quantitative estimate of drug-likeness (QED) is 0.732. The van der Waals surface area contributed by atoms with Crippen molar-refractivity contribution in [2.75, 3.05) is 0 Å². The van der Waals surface area contributed by atoms with E-state index in [9.17, 15) is 4.79 Å². The Labute approximate surface area is 118 Å². The van der Waals surface area contributed by atoms with Gasteiger partial charge in [0.2, 0.25) is 0 Å². The van der Waals surface area contributed by atoms with Crippen molar-refractivity contribution in [3.05, 3.63) is 89.3 Å². The van der Waals surface area contributed by atoms with Crippen LogP contribution in [-0.2, 0) is 0 Å². The molecule has 1 heterocycles. The van der Waals surface area contributed by atoms with Gasteiger partial charge in [-0.15, -0.1) is 0 Å². The Balaban J connectivity index is 2.20. The Morgan fingerprint density at radius 3 is 1.75 bits per heavy atom. The fourth-order valence-electron chi connectivity index (χ4n) is 2.17. The van der Waals surface area contributed by atoms with Crippen LogP contribution in [0.2, 0.25) is 0 Å². The molecule has 98 valence electrons. The number of aromatic nitrogens is 1. The SMILES string of the molecule is O=c1[nH]cccc1P(c1ccccc1)c1ccccc1. The van der Waals surface area contributed by atoms with Gasteiger partial charge in [-0.25, -0.2) is 0 Å². The van der Waals surface area contributed by atoms with Crippen molar-refractivity contribution < 1.29 is 0 Å². The van der Waals surface area contributed by atoms with Crippen molar-refractivity contribution in [3.8, 4) is 0 Å². The molecule has 0 aliphatic heterocycles. The van der Waals surface area contributed by atoms with Crippen LogP contribution < -0.4 is 21.5 Å². The van der Waals surface area contributed by atoms with E-state index in [0.717, 1.165) is 5.30 Å². The maximum atomic E-state index is 12.2. The molecular weight excluding hydrogens is 265 g/mol. The van der Waals surface area contributed by atoms with E-state index in [2.05, 4.69) is 29.2 Å². The third kappa shape index (κ3) is 2.56. The van der Waals surface area contributed by atoms with Crippen LogP contribution in [0.1, 0.15) is 0 Å². The van der Waals surface area contributed by atoms with E-state index in [1.807, 2.05) is 48.5 Å². The molecule has 3 rings (SSSR count). The Bertz CT molecular complexity index is 698. The van der Waals surface area contributed by atoms with Gasteiger partial charge in [0.25, 0.3) is 5.56 Å². The van der Waals surface area contributed by atoms with E-state index >= 15 is 0 Å². The summed E-state index contributed by atoms with van der Waals surface area (Å²) in [5, 5.41) is 3.20. The number of rotatable bonds is 3. The van der Waals surface area contributed by atoms with Gasteiger partial charge >= 0.3 is 0 Å². The van der Waals surface area contributed by atoms with Gasteiger partial charge in [-0.05, 0) is 30.7 Å². The van der Waals surface area contributed by atoms with E-state index in [-0.39, 0.29) is 5.56 Å². The minimum atomic E-state index is -0.811. The first-order valence-corrected chi connectivity index (χ1v) is 7.78. The normalized spacial score (nSPS) is 10.7. The molecule has 20 heavy (non-hydrogen) atoms. The molecule has 1 N–H and O–H groups in total. The van der Waals surface area contributed by atoms with Crippen molar-refractivity contribution in [3.63, 3.8) is 0 Å². The number of aromatic amines is 1. The van der Waals surface area contributed by atoms with Crippen molar-refractivity contribution in [1.29, 1.82) is 0 Å². The first-order chi connectivity index (χ1) is 9.86. The largest absolute Gasteiger partial charge is 0.329 e. The van der Waals surface area contributed by atoms with Gasteiger partial charge in [-0.2, -0.15) is 0 Å². The van der Waals surface area contributed by atoms with Crippen LogP contribution >= 0.6 is 7.92 Å². The molecule has 0 unspecified atom stereocenters. The number of hydrogen-bond donors (Lipinski definition) is 1. The van der Waals surface area contributed by atoms with Crippen LogP contribution in [0.3, 0.4) is 0 Å². The van der Waals surface area contributed by atoms with Crippen molar-refractivity contribution in [2.45, 2.75) is 0 Å². The smallest absolute Gasteiger partial charge is 0.256 e. The van der Waals surface area contributed by atoms with E-state index in [0.29, 0.717) is 0 Å². The minimum Gasteiger partial charge on any atom is -0.329 e. The van der Waals surface area contributed by atoms with Crippen LogP contribution in [-0.4, -0.2) is 4.98 Å². The summed E-state index contributed by atoms with van der Waals surface area (Å²) in [4.78, 5) is 14.9. The van der Waals surface area contributed by atoms with Crippen molar-refractivity contribution in [2.24, 2.45) is 0 Å². The maximum absolute atomic E-state index is 12.2. The predicted octanol–water partition coefficient (Wildman–Crippen LogP) is 2.13. The van der Waals surface area contributed by atoms with Gasteiger partial charge in [-0.3, -0.25) is 4.79 Å². The highest BCUT2D eigenvalue weighted by molar-refractivity contribution is 7.79. The third-order valence-electron chi connectivity index (χ3n) is 3.07. The lowest BCUT2D eigenvalue weighted by Gasteiger charge is -2.17. The van der Waals surface area contributed by atoms with Gasteiger partial charge in [0.15, 0.2) is 0 Å². The molecular formula is C17H14NOP. The molecule has 0 spiro atoms. The standard InChI is InChI=1S/C17H14NOP/c19-17-16(12-7-13-18-17)20(14-8-3-1-4-9-14)15-10-5-2-6-11-15/h1-13H,(H,18,19). The van der Waals surface area contributed by atoms with E-state index in [4.69, 9.17) is 0 Å². The van der Waals surface area contributed by atoms with E-state index in [1.54, 1.807) is 6.20 Å². The Kier molecular flexibility index (Phi) is 3.76. The highest BCUT2D eigenvalue weighted by Crippen LogP contribution is 2.30. The summed E-state index contributed by atoms with van der Waals surface area (Å²) in [6, 6.07) is 24.2. The highest BCUT2D eigenvalue weighted by atomic mass is 31.1. The molecule has 0 amide bonds. The van der Waals surface area contributed by atoms with Gasteiger partial charge < -0.3 is 4.98 Å². The Morgan fingerprint density at radius 1 is 0.700 bits per heavy atom. The molecule has 0 fully saturated rings. The Hall–Kier alpha value is -2.18. The molecule has 0 aliphatic rings. The van der Waals surface area contributed by atoms with Crippen molar-refractivity contribution >= 4 is 23.8 Å². The number of H-pyrrole nitrogens is 1. The van der Waals surface area contributed by atoms with Crippen LogP contribution in [0.15, 0.2) is 83.8 Å².